The first-order valence-corrected chi connectivity index (χ1v) is 4.48. The SMILES string of the molecule is COC(=O)c1cn(C2COCC2O)nn1. The van der Waals surface area contributed by atoms with E-state index in [-0.39, 0.29) is 18.3 Å². The molecule has 0 radical (unpaired) electrons. The third-order valence-electron chi connectivity index (χ3n) is 2.27. The van der Waals surface area contributed by atoms with Crippen molar-refractivity contribution in [3.05, 3.63) is 11.9 Å². The molecule has 1 fully saturated rings. The predicted octanol–water partition coefficient (Wildman–Crippen LogP) is -1.00. The molecule has 2 rings (SSSR count). The van der Waals surface area contributed by atoms with Gasteiger partial charge in [0.25, 0.3) is 0 Å². The van der Waals surface area contributed by atoms with Crippen LogP contribution in [0.15, 0.2) is 6.20 Å². The molecule has 0 saturated carbocycles. The van der Waals surface area contributed by atoms with Crippen molar-refractivity contribution in [3.8, 4) is 0 Å². The molecule has 0 aliphatic carbocycles. The van der Waals surface area contributed by atoms with Gasteiger partial charge in [-0.15, -0.1) is 5.10 Å². The van der Waals surface area contributed by atoms with Gasteiger partial charge >= 0.3 is 5.97 Å². The lowest BCUT2D eigenvalue weighted by Crippen LogP contribution is -2.22. The van der Waals surface area contributed by atoms with Crippen molar-refractivity contribution in [2.24, 2.45) is 0 Å². The molecule has 82 valence electrons. The van der Waals surface area contributed by atoms with Gasteiger partial charge < -0.3 is 14.6 Å². The zero-order valence-electron chi connectivity index (χ0n) is 8.16. The van der Waals surface area contributed by atoms with Gasteiger partial charge in [0.1, 0.15) is 12.1 Å². The predicted molar refractivity (Wildman–Crippen MR) is 47.2 cm³/mol. The van der Waals surface area contributed by atoms with Crippen LogP contribution in [-0.2, 0) is 9.47 Å². The number of hydrogen-bond acceptors (Lipinski definition) is 6. The van der Waals surface area contributed by atoms with E-state index in [9.17, 15) is 9.90 Å². The minimum Gasteiger partial charge on any atom is -0.464 e. The molecule has 0 spiro atoms. The number of aromatic nitrogens is 3. The summed E-state index contributed by atoms with van der Waals surface area (Å²) >= 11 is 0. The van der Waals surface area contributed by atoms with Crippen LogP contribution in [0.25, 0.3) is 0 Å². The zero-order chi connectivity index (χ0) is 10.8. The number of carbonyl (C=O) groups is 1. The van der Waals surface area contributed by atoms with E-state index in [0.717, 1.165) is 0 Å². The average Bonchev–Trinajstić information content (AvgIpc) is 2.84. The van der Waals surface area contributed by atoms with Crippen molar-refractivity contribution < 1.29 is 19.4 Å². The molecule has 2 atom stereocenters. The minimum atomic E-state index is -0.614. The molecular weight excluding hydrogens is 202 g/mol. The number of rotatable bonds is 2. The normalized spacial score (nSPS) is 25.5. The molecule has 2 unspecified atom stereocenters. The van der Waals surface area contributed by atoms with Gasteiger partial charge in [0.2, 0.25) is 0 Å². The van der Waals surface area contributed by atoms with Crippen LogP contribution in [0.3, 0.4) is 0 Å². The molecule has 7 heteroatoms. The van der Waals surface area contributed by atoms with Crippen molar-refractivity contribution in [2.75, 3.05) is 20.3 Å². The fraction of sp³-hybridized carbons (Fsp3) is 0.625. The second-order valence-corrected chi connectivity index (χ2v) is 3.25. The molecule has 1 aliphatic heterocycles. The Morgan fingerprint density at radius 2 is 2.53 bits per heavy atom. The summed E-state index contributed by atoms with van der Waals surface area (Å²) in [6, 6.07) is -0.282. The zero-order valence-corrected chi connectivity index (χ0v) is 8.16. The van der Waals surface area contributed by atoms with Crippen LogP contribution < -0.4 is 0 Å². The van der Waals surface area contributed by atoms with Gasteiger partial charge in [0, 0.05) is 0 Å². The number of nitrogens with zero attached hydrogens (tertiary/aromatic N) is 3. The Balaban J connectivity index is 2.16. The van der Waals surface area contributed by atoms with Crippen LogP contribution in [-0.4, -0.2) is 52.5 Å². The number of esters is 1. The first-order chi connectivity index (χ1) is 7.22. The van der Waals surface area contributed by atoms with E-state index < -0.39 is 12.1 Å². The van der Waals surface area contributed by atoms with E-state index in [1.54, 1.807) is 0 Å². The highest BCUT2D eigenvalue weighted by molar-refractivity contribution is 5.86. The highest BCUT2D eigenvalue weighted by Gasteiger charge is 2.29. The molecule has 0 bridgehead atoms. The molecule has 1 aliphatic rings. The van der Waals surface area contributed by atoms with Crippen LogP contribution in [0.5, 0.6) is 0 Å². The summed E-state index contributed by atoms with van der Waals surface area (Å²) in [4.78, 5) is 11.1. The molecule has 1 aromatic heterocycles. The minimum absolute atomic E-state index is 0.122. The Bertz CT molecular complexity index is 365. The fourth-order valence-corrected chi connectivity index (χ4v) is 1.42. The van der Waals surface area contributed by atoms with Crippen LogP contribution in [0.2, 0.25) is 0 Å². The molecule has 1 aromatic rings. The summed E-state index contributed by atoms with van der Waals surface area (Å²) in [6.07, 6.45) is 0.825. The molecule has 1 saturated heterocycles. The van der Waals surface area contributed by atoms with Gasteiger partial charge in [0.05, 0.1) is 26.5 Å². The van der Waals surface area contributed by atoms with E-state index in [1.165, 1.54) is 18.0 Å². The maximum Gasteiger partial charge on any atom is 0.360 e. The Labute approximate surface area is 85.6 Å². The number of hydrogen-bond donors (Lipinski definition) is 1. The molecule has 1 N–H and O–H groups in total. The summed E-state index contributed by atoms with van der Waals surface area (Å²) < 4.78 is 11.0. The smallest absolute Gasteiger partial charge is 0.360 e. The van der Waals surface area contributed by atoms with Crippen LogP contribution in [0.4, 0.5) is 0 Å². The first kappa shape index (κ1) is 10.1. The lowest BCUT2D eigenvalue weighted by Gasteiger charge is -2.10. The highest BCUT2D eigenvalue weighted by atomic mass is 16.5. The standard InChI is InChI=1S/C8H11N3O4/c1-14-8(13)5-2-11(10-9-5)6-3-15-4-7(6)12/h2,6-7,12H,3-4H2,1H3. The number of carbonyl (C=O) groups excluding carboxylic acids is 1. The summed E-state index contributed by atoms with van der Waals surface area (Å²) in [6.45, 7) is 0.642. The third-order valence-corrected chi connectivity index (χ3v) is 2.27. The summed E-state index contributed by atoms with van der Waals surface area (Å²) in [5, 5.41) is 16.9. The molecule has 0 aromatic carbocycles. The Hall–Kier alpha value is -1.47. The molecule has 7 nitrogen and oxygen atoms in total. The fourth-order valence-electron chi connectivity index (χ4n) is 1.42. The van der Waals surface area contributed by atoms with Crippen molar-refractivity contribution in [1.29, 1.82) is 0 Å². The first-order valence-electron chi connectivity index (χ1n) is 4.48. The van der Waals surface area contributed by atoms with Crippen molar-refractivity contribution in [3.63, 3.8) is 0 Å². The molecule has 0 amide bonds. The third kappa shape index (κ3) is 1.83. The topological polar surface area (TPSA) is 86.5 Å². The molecule has 2 heterocycles. The largest absolute Gasteiger partial charge is 0.464 e. The van der Waals surface area contributed by atoms with E-state index in [2.05, 4.69) is 15.0 Å². The van der Waals surface area contributed by atoms with Crippen molar-refractivity contribution >= 4 is 5.97 Å². The second-order valence-electron chi connectivity index (χ2n) is 3.25. The lowest BCUT2D eigenvalue weighted by atomic mass is 10.2. The molecule has 15 heavy (non-hydrogen) atoms. The monoisotopic (exact) mass is 213 g/mol. The maximum absolute atomic E-state index is 11.1. The summed E-state index contributed by atoms with van der Waals surface area (Å²) in [5.41, 5.74) is 0.122. The number of aliphatic hydroxyl groups is 1. The van der Waals surface area contributed by atoms with E-state index in [0.29, 0.717) is 6.61 Å². The van der Waals surface area contributed by atoms with Crippen molar-refractivity contribution in [1.82, 2.24) is 15.0 Å². The molecular formula is C8H11N3O4. The van der Waals surface area contributed by atoms with Crippen LogP contribution in [0.1, 0.15) is 16.5 Å². The Kier molecular flexibility index (Phi) is 2.65. The van der Waals surface area contributed by atoms with Gasteiger partial charge in [-0.1, -0.05) is 5.21 Å². The number of methoxy groups -OCH3 is 1. The van der Waals surface area contributed by atoms with Crippen LogP contribution in [0, 0.1) is 0 Å². The van der Waals surface area contributed by atoms with Gasteiger partial charge in [-0.2, -0.15) is 0 Å². The van der Waals surface area contributed by atoms with E-state index in [1.807, 2.05) is 0 Å². The number of aliphatic hydroxyl groups excluding tert-OH is 1. The highest BCUT2D eigenvalue weighted by Crippen LogP contribution is 2.18. The Morgan fingerprint density at radius 1 is 1.73 bits per heavy atom. The Morgan fingerprint density at radius 3 is 3.13 bits per heavy atom. The van der Waals surface area contributed by atoms with Crippen molar-refractivity contribution in [2.45, 2.75) is 12.1 Å². The summed E-state index contributed by atoms with van der Waals surface area (Å²) in [7, 11) is 1.27. The van der Waals surface area contributed by atoms with E-state index in [4.69, 9.17) is 4.74 Å². The number of ether oxygens (including phenoxy) is 2. The van der Waals surface area contributed by atoms with Gasteiger partial charge in [-0.25, -0.2) is 9.48 Å². The van der Waals surface area contributed by atoms with Gasteiger partial charge in [-0.3, -0.25) is 0 Å². The van der Waals surface area contributed by atoms with Gasteiger partial charge in [0.15, 0.2) is 5.69 Å². The van der Waals surface area contributed by atoms with E-state index >= 15 is 0 Å². The quantitative estimate of drug-likeness (QED) is 0.634. The average molecular weight is 213 g/mol. The van der Waals surface area contributed by atoms with Crippen LogP contribution >= 0.6 is 0 Å². The maximum atomic E-state index is 11.1. The second kappa shape index (κ2) is 3.95. The lowest BCUT2D eigenvalue weighted by molar-refractivity contribution is 0.0593. The summed E-state index contributed by atoms with van der Waals surface area (Å²) in [5.74, 6) is -0.547. The van der Waals surface area contributed by atoms with Gasteiger partial charge in [-0.05, 0) is 0 Å².